The van der Waals surface area contributed by atoms with Crippen LogP contribution in [-0.4, -0.2) is 57.0 Å². The second-order valence-electron chi connectivity index (χ2n) is 8.48. The molecule has 3 heterocycles. The molecule has 0 N–H and O–H groups in total. The van der Waals surface area contributed by atoms with E-state index in [1.165, 1.54) is 0 Å². The van der Waals surface area contributed by atoms with Crippen molar-refractivity contribution >= 4 is 10.0 Å². The first-order chi connectivity index (χ1) is 12.4. The van der Waals surface area contributed by atoms with Gasteiger partial charge in [0.15, 0.2) is 0 Å². The molecule has 0 bridgehead atoms. The molecule has 2 atom stereocenters. The Morgan fingerprint density at radius 2 is 1.85 bits per heavy atom. The predicted molar refractivity (Wildman–Crippen MR) is 102 cm³/mol. The van der Waals surface area contributed by atoms with Gasteiger partial charge >= 0.3 is 0 Å². The van der Waals surface area contributed by atoms with Gasteiger partial charge in [0.1, 0.15) is 5.75 Å². The Morgan fingerprint density at radius 1 is 1.15 bits per heavy atom. The molecule has 0 radical (unpaired) electrons. The molecule has 2 saturated heterocycles. The van der Waals surface area contributed by atoms with Gasteiger partial charge in [-0.05, 0) is 67.4 Å². The van der Waals surface area contributed by atoms with Crippen LogP contribution in [-0.2, 0) is 16.4 Å². The molecule has 5 nitrogen and oxygen atoms in total. The van der Waals surface area contributed by atoms with Crippen molar-refractivity contribution in [1.29, 1.82) is 0 Å². The van der Waals surface area contributed by atoms with Crippen LogP contribution in [0.1, 0.15) is 32.3 Å². The normalized spacial score (nSPS) is 27.2. The number of benzene rings is 1. The Balaban J connectivity index is 1.46. The Bertz CT molecular complexity index is 746. The molecule has 0 unspecified atom stereocenters. The number of hydrogen-bond acceptors (Lipinski definition) is 4. The van der Waals surface area contributed by atoms with Crippen molar-refractivity contribution in [3.8, 4) is 5.75 Å². The van der Waals surface area contributed by atoms with Gasteiger partial charge in [-0.2, -0.15) is 4.31 Å². The average Bonchev–Trinajstić information content (AvgIpc) is 3.19. The van der Waals surface area contributed by atoms with Crippen molar-refractivity contribution in [2.45, 2.75) is 38.0 Å². The summed E-state index contributed by atoms with van der Waals surface area (Å²) in [6.07, 6.45) is 3.03. The Labute approximate surface area is 157 Å². The summed E-state index contributed by atoms with van der Waals surface area (Å²) in [6, 6.07) is 5.33. The number of hydrogen-bond donors (Lipinski definition) is 0. The van der Waals surface area contributed by atoms with Crippen molar-refractivity contribution in [3.05, 3.63) is 23.8 Å². The lowest BCUT2D eigenvalue weighted by Crippen LogP contribution is -2.32. The van der Waals surface area contributed by atoms with E-state index in [-0.39, 0.29) is 0 Å². The standard InChI is InChI=1S/C20H30N2O3S/c1-15(2)12-21-8-5-17-13-22(14-18(17)6-9-21)26(23,24)19-3-4-20-16(11-19)7-10-25-20/h3-4,11,15,17-18H,5-10,12-14H2,1-2H3/t17-,18+. The molecule has 6 heteroatoms. The highest BCUT2D eigenvalue weighted by molar-refractivity contribution is 7.89. The molecule has 3 aliphatic rings. The van der Waals surface area contributed by atoms with Gasteiger partial charge in [0.2, 0.25) is 10.0 Å². The van der Waals surface area contributed by atoms with E-state index in [0.717, 1.165) is 50.2 Å². The lowest BCUT2D eigenvalue weighted by molar-refractivity contribution is 0.245. The SMILES string of the molecule is CC(C)CN1CC[C@@H]2CN(S(=O)(=O)c3ccc4c(c3)CCO4)C[C@@H]2CC1. The van der Waals surface area contributed by atoms with Gasteiger partial charge in [0, 0.05) is 26.1 Å². The molecular weight excluding hydrogens is 348 g/mol. The second-order valence-corrected chi connectivity index (χ2v) is 10.4. The Kier molecular flexibility index (Phi) is 5.01. The second kappa shape index (κ2) is 7.13. The highest BCUT2D eigenvalue weighted by Gasteiger charge is 2.40. The van der Waals surface area contributed by atoms with Crippen LogP contribution >= 0.6 is 0 Å². The summed E-state index contributed by atoms with van der Waals surface area (Å²) in [6.45, 7) is 9.89. The van der Waals surface area contributed by atoms with E-state index in [1.54, 1.807) is 10.4 Å². The van der Waals surface area contributed by atoms with Gasteiger partial charge < -0.3 is 9.64 Å². The first-order valence-corrected chi connectivity index (χ1v) is 11.4. The van der Waals surface area contributed by atoms with Crippen LogP contribution in [0.25, 0.3) is 0 Å². The third-order valence-corrected chi connectivity index (χ3v) is 7.92. The smallest absolute Gasteiger partial charge is 0.243 e. The Hall–Kier alpha value is -1.11. The van der Waals surface area contributed by atoms with Crippen LogP contribution in [0.3, 0.4) is 0 Å². The fourth-order valence-electron chi connectivity index (χ4n) is 4.73. The molecule has 1 aromatic carbocycles. The topological polar surface area (TPSA) is 49.9 Å². The molecule has 3 aliphatic heterocycles. The average molecular weight is 379 g/mol. The quantitative estimate of drug-likeness (QED) is 0.808. The third-order valence-electron chi connectivity index (χ3n) is 6.10. The molecular formula is C20H30N2O3S. The minimum absolute atomic E-state index is 0.430. The van der Waals surface area contributed by atoms with Gasteiger partial charge in [-0.25, -0.2) is 8.42 Å². The largest absolute Gasteiger partial charge is 0.493 e. The summed E-state index contributed by atoms with van der Waals surface area (Å²) in [5, 5.41) is 0. The lowest BCUT2D eigenvalue weighted by Gasteiger charge is -2.23. The van der Waals surface area contributed by atoms with Crippen molar-refractivity contribution < 1.29 is 13.2 Å². The van der Waals surface area contributed by atoms with E-state index >= 15 is 0 Å². The maximum Gasteiger partial charge on any atom is 0.243 e. The van der Waals surface area contributed by atoms with Crippen molar-refractivity contribution in [2.24, 2.45) is 17.8 Å². The molecule has 2 fully saturated rings. The minimum atomic E-state index is -3.40. The third kappa shape index (κ3) is 3.51. The van der Waals surface area contributed by atoms with Gasteiger partial charge in [-0.15, -0.1) is 0 Å². The van der Waals surface area contributed by atoms with Crippen LogP contribution in [0.15, 0.2) is 23.1 Å². The first kappa shape index (κ1) is 18.3. The van der Waals surface area contributed by atoms with Crippen LogP contribution in [0.4, 0.5) is 0 Å². The fourth-order valence-corrected chi connectivity index (χ4v) is 6.33. The zero-order valence-corrected chi connectivity index (χ0v) is 16.7. The maximum absolute atomic E-state index is 13.1. The summed E-state index contributed by atoms with van der Waals surface area (Å²) in [5.41, 5.74) is 1.02. The van der Waals surface area contributed by atoms with E-state index in [0.29, 0.717) is 42.3 Å². The molecule has 0 saturated carbocycles. The molecule has 0 aliphatic carbocycles. The molecule has 144 valence electrons. The molecule has 26 heavy (non-hydrogen) atoms. The van der Waals surface area contributed by atoms with E-state index < -0.39 is 10.0 Å². The van der Waals surface area contributed by atoms with E-state index in [2.05, 4.69) is 18.7 Å². The van der Waals surface area contributed by atoms with Crippen LogP contribution in [0.2, 0.25) is 0 Å². The zero-order valence-electron chi connectivity index (χ0n) is 15.9. The molecule has 1 aromatic rings. The summed E-state index contributed by atoms with van der Waals surface area (Å²) < 4.78 is 33.5. The minimum Gasteiger partial charge on any atom is -0.493 e. The lowest BCUT2D eigenvalue weighted by atomic mass is 9.92. The Morgan fingerprint density at radius 3 is 2.50 bits per heavy atom. The van der Waals surface area contributed by atoms with Crippen molar-refractivity contribution in [3.63, 3.8) is 0 Å². The van der Waals surface area contributed by atoms with Crippen LogP contribution in [0, 0.1) is 17.8 Å². The van der Waals surface area contributed by atoms with E-state index in [9.17, 15) is 8.42 Å². The predicted octanol–water partition coefficient (Wildman–Crippen LogP) is 2.61. The molecule has 0 amide bonds. The number of ether oxygens (including phenoxy) is 1. The highest BCUT2D eigenvalue weighted by atomic mass is 32.2. The number of fused-ring (bicyclic) bond motifs is 2. The highest BCUT2D eigenvalue weighted by Crippen LogP contribution is 2.36. The summed E-state index contributed by atoms with van der Waals surface area (Å²) in [5.74, 6) is 2.52. The van der Waals surface area contributed by atoms with Gasteiger partial charge in [-0.1, -0.05) is 13.8 Å². The zero-order chi connectivity index (χ0) is 18.3. The van der Waals surface area contributed by atoms with E-state index in [4.69, 9.17) is 4.74 Å². The number of rotatable bonds is 4. The molecule has 0 aromatic heterocycles. The molecule has 0 spiro atoms. The van der Waals surface area contributed by atoms with Gasteiger partial charge in [0.05, 0.1) is 11.5 Å². The number of sulfonamides is 1. The van der Waals surface area contributed by atoms with Crippen molar-refractivity contribution in [1.82, 2.24) is 9.21 Å². The van der Waals surface area contributed by atoms with E-state index in [1.807, 2.05) is 12.1 Å². The molecule has 4 rings (SSSR count). The summed E-state index contributed by atoms with van der Waals surface area (Å²) in [7, 11) is -3.40. The van der Waals surface area contributed by atoms with Crippen LogP contribution < -0.4 is 4.74 Å². The maximum atomic E-state index is 13.1. The summed E-state index contributed by atoms with van der Waals surface area (Å²) >= 11 is 0. The van der Waals surface area contributed by atoms with Gasteiger partial charge in [-0.3, -0.25) is 0 Å². The van der Waals surface area contributed by atoms with Crippen LogP contribution in [0.5, 0.6) is 5.75 Å². The number of nitrogens with zero attached hydrogens (tertiary/aromatic N) is 2. The fraction of sp³-hybridized carbons (Fsp3) is 0.700. The summed E-state index contributed by atoms with van der Waals surface area (Å²) in [4.78, 5) is 2.99. The number of likely N-dealkylation sites (tertiary alicyclic amines) is 1. The van der Waals surface area contributed by atoms with Gasteiger partial charge in [0.25, 0.3) is 0 Å². The first-order valence-electron chi connectivity index (χ1n) is 9.91. The monoisotopic (exact) mass is 378 g/mol. The van der Waals surface area contributed by atoms with Crippen molar-refractivity contribution in [2.75, 3.05) is 39.3 Å².